The molecule has 0 saturated carbocycles. The third-order valence-corrected chi connectivity index (χ3v) is 1.37. The minimum Gasteiger partial charge on any atom is -0.545 e. The minimum atomic E-state index is -1.52. The number of hydrogen-bond donors (Lipinski definition) is 2. The number of carbonyl (C=O) groups excluding carboxylic acids is 2. The fourth-order valence-corrected chi connectivity index (χ4v) is 0.839. The van der Waals surface area contributed by atoms with E-state index >= 15 is 0 Å². The molecule has 10 N–H and O–H groups in total. The molecule has 0 unspecified atom stereocenters. The molecule has 0 radical (unpaired) electrons. The van der Waals surface area contributed by atoms with E-state index in [1.54, 1.807) is 0 Å². The van der Waals surface area contributed by atoms with Crippen molar-refractivity contribution in [1.82, 2.24) is 12.3 Å². The molecule has 0 heterocycles. The van der Waals surface area contributed by atoms with Crippen molar-refractivity contribution in [1.29, 1.82) is 0 Å². The van der Waals surface area contributed by atoms with Gasteiger partial charge in [0.1, 0.15) is 0 Å². The molecule has 1 aromatic rings. The van der Waals surface area contributed by atoms with Crippen molar-refractivity contribution in [3.63, 3.8) is 0 Å². The SMILES string of the molecule is O.O=C([O-])c1ccccc1C(=O)[O-].[NH4+].[NH4+]. The number of carboxylic acids is 2. The molecule has 0 amide bonds. The van der Waals surface area contributed by atoms with Crippen molar-refractivity contribution >= 4 is 11.9 Å². The number of benzene rings is 1. The van der Waals surface area contributed by atoms with E-state index in [0.29, 0.717) is 0 Å². The standard InChI is InChI=1S/C8H6O4.2H3N.H2O/c9-7(10)5-3-1-2-4-6(5)8(11)12;;;/h1-4H,(H,9,10)(H,11,12);2*1H3;1H2. The normalized spacial score (nSPS) is 7.47. The summed E-state index contributed by atoms with van der Waals surface area (Å²) in [5, 5.41) is 20.6. The summed E-state index contributed by atoms with van der Waals surface area (Å²) in [4.78, 5) is 20.6. The summed E-state index contributed by atoms with van der Waals surface area (Å²) >= 11 is 0. The van der Waals surface area contributed by atoms with E-state index in [1.165, 1.54) is 12.1 Å². The average Bonchev–Trinajstić information content (AvgIpc) is 2.04. The number of carbonyl (C=O) groups is 2. The molecular formula is C8H14N2O5. The zero-order chi connectivity index (χ0) is 9.14. The molecule has 0 saturated heterocycles. The number of carboxylic acid groups (broad SMARTS) is 2. The Bertz CT molecular complexity index is 307. The molecule has 0 bridgehead atoms. The Morgan fingerprint density at radius 3 is 1.33 bits per heavy atom. The van der Waals surface area contributed by atoms with Crippen LogP contribution in [0.1, 0.15) is 20.7 Å². The van der Waals surface area contributed by atoms with Crippen molar-refractivity contribution in [2.24, 2.45) is 0 Å². The molecule has 0 aliphatic carbocycles. The highest BCUT2D eigenvalue weighted by molar-refractivity contribution is 5.99. The lowest BCUT2D eigenvalue weighted by molar-refractivity contribution is -0.259. The molecular weight excluding hydrogens is 204 g/mol. The van der Waals surface area contributed by atoms with Gasteiger partial charge in [-0.25, -0.2) is 0 Å². The topological polar surface area (TPSA) is 185 Å². The summed E-state index contributed by atoms with van der Waals surface area (Å²) in [7, 11) is 0. The quantitative estimate of drug-likeness (QED) is 0.601. The lowest BCUT2D eigenvalue weighted by Crippen LogP contribution is -2.29. The highest BCUT2D eigenvalue weighted by Gasteiger charge is 2.01. The zero-order valence-electron chi connectivity index (χ0n) is 8.44. The molecule has 7 heteroatoms. The molecule has 0 aromatic heterocycles. The maximum atomic E-state index is 10.3. The molecule has 1 aromatic carbocycles. The molecule has 1 rings (SSSR count). The van der Waals surface area contributed by atoms with Gasteiger partial charge in [0.25, 0.3) is 0 Å². The van der Waals surface area contributed by atoms with Gasteiger partial charge in [-0.3, -0.25) is 0 Å². The fourth-order valence-electron chi connectivity index (χ4n) is 0.839. The number of hydrogen-bond acceptors (Lipinski definition) is 4. The third-order valence-electron chi connectivity index (χ3n) is 1.37. The summed E-state index contributed by atoms with van der Waals surface area (Å²) in [6.07, 6.45) is 0. The van der Waals surface area contributed by atoms with E-state index < -0.39 is 11.9 Å². The molecule has 0 aliphatic rings. The molecule has 0 aliphatic heterocycles. The second kappa shape index (κ2) is 7.44. The summed E-state index contributed by atoms with van der Waals surface area (Å²) in [5.74, 6) is -3.04. The van der Waals surface area contributed by atoms with Crippen molar-refractivity contribution in [2.75, 3.05) is 0 Å². The highest BCUT2D eigenvalue weighted by atomic mass is 16.4. The second-order valence-corrected chi connectivity index (χ2v) is 2.12. The molecule has 0 spiro atoms. The van der Waals surface area contributed by atoms with E-state index in [2.05, 4.69) is 0 Å². The Labute approximate surface area is 85.8 Å². The van der Waals surface area contributed by atoms with Crippen LogP contribution in [0.4, 0.5) is 0 Å². The van der Waals surface area contributed by atoms with Gasteiger partial charge in [0.05, 0.1) is 11.9 Å². The Balaban J connectivity index is -0.000000480. The highest BCUT2D eigenvalue weighted by Crippen LogP contribution is 2.05. The number of aromatic carboxylic acids is 2. The van der Waals surface area contributed by atoms with Crippen LogP contribution in [0.3, 0.4) is 0 Å². The maximum absolute atomic E-state index is 10.3. The molecule has 0 atom stereocenters. The smallest absolute Gasteiger partial charge is 0.0721 e. The monoisotopic (exact) mass is 218 g/mol. The maximum Gasteiger partial charge on any atom is 0.0721 e. The largest absolute Gasteiger partial charge is 0.545 e. The van der Waals surface area contributed by atoms with Gasteiger partial charge < -0.3 is 37.6 Å². The summed E-state index contributed by atoms with van der Waals surface area (Å²) in [5.41, 5.74) is -0.727. The lowest BCUT2D eigenvalue weighted by atomic mass is 10.1. The summed E-state index contributed by atoms with van der Waals surface area (Å²) in [6, 6.07) is 5.14. The first-order valence-electron chi connectivity index (χ1n) is 3.14. The first-order valence-corrected chi connectivity index (χ1v) is 3.14. The first kappa shape index (κ1) is 18.8. The molecule has 0 fully saturated rings. The van der Waals surface area contributed by atoms with Crippen molar-refractivity contribution in [3.8, 4) is 0 Å². The van der Waals surface area contributed by atoms with Gasteiger partial charge in [0, 0.05) is 11.1 Å². The van der Waals surface area contributed by atoms with E-state index in [1.807, 2.05) is 0 Å². The van der Waals surface area contributed by atoms with Crippen LogP contribution in [0.2, 0.25) is 0 Å². The van der Waals surface area contributed by atoms with Gasteiger partial charge in [0.2, 0.25) is 0 Å². The molecule has 7 nitrogen and oxygen atoms in total. The van der Waals surface area contributed by atoms with E-state index in [0.717, 1.165) is 12.1 Å². The second-order valence-electron chi connectivity index (χ2n) is 2.12. The van der Waals surface area contributed by atoms with Crippen molar-refractivity contribution < 1.29 is 25.3 Å². The van der Waals surface area contributed by atoms with Gasteiger partial charge in [-0.2, -0.15) is 0 Å². The van der Waals surface area contributed by atoms with Gasteiger partial charge in [-0.15, -0.1) is 0 Å². The Morgan fingerprint density at radius 2 is 1.13 bits per heavy atom. The predicted molar refractivity (Wildman–Crippen MR) is 50.7 cm³/mol. The minimum absolute atomic E-state index is 0. The van der Waals surface area contributed by atoms with E-state index in [9.17, 15) is 19.8 Å². The van der Waals surface area contributed by atoms with Crippen LogP contribution in [-0.2, 0) is 0 Å². The molecule has 15 heavy (non-hydrogen) atoms. The van der Waals surface area contributed by atoms with Crippen LogP contribution in [0.5, 0.6) is 0 Å². The summed E-state index contributed by atoms with van der Waals surface area (Å²) < 4.78 is 0. The number of quaternary nitrogens is 2. The van der Waals surface area contributed by atoms with Crippen LogP contribution in [0, 0.1) is 0 Å². The van der Waals surface area contributed by atoms with Crippen LogP contribution in [0.15, 0.2) is 24.3 Å². The zero-order valence-corrected chi connectivity index (χ0v) is 8.44. The number of rotatable bonds is 2. The van der Waals surface area contributed by atoms with Gasteiger partial charge in [-0.1, -0.05) is 24.3 Å². The van der Waals surface area contributed by atoms with Gasteiger partial charge in [0.15, 0.2) is 0 Å². The average molecular weight is 218 g/mol. The van der Waals surface area contributed by atoms with E-state index in [-0.39, 0.29) is 28.9 Å². The first-order chi connectivity index (χ1) is 5.63. The van der Waals surface area contributed by atoms with Crippen LogP contribution in [0.25, 0.3) is 0 Å². The Kier molecular flexibility index (Phi) is 9.31. The van der Waals surface area contributed by atoms with Gasteiger partial charge in [-0.05, 0) is 0 Å². The molecule has 86 valence electrons. The van der Waals surface area contributed by atoms with Crippen LogP contribution in [-0.4, -0.2) is 17.4 Å². The van der Waals surface area contributed by atoms with E-state index in [4.69, 9.17) is 0 Å². The predicted octanol–water partition coefficient (Wildman–Crippen LogP) is -1.66. The van der Waals surface area contributed by atoms with Crippen LogP contribution < -0.4 is 22.5 Å². The van der Waals surface area contributed by atoms with Crippen LogP contribution >= 0.6 is 0 Å². The third kappa shape index (κ3) is 4.18. The fraction of sp³-hybridized carbons (Fsp3) is 0. The Morgan fingerprint density at radius 1 is 0.867 bits per heavy atom. The summed E-state index contributed by atoms with van der Waals surface area (Å²) in [6.45, 7) is 0. The van der Waals surface area contributed by atoms with Gasteiger partial charge >= 0.3 is 0 Å². The van der Waals surface area contributed by atoms with Crippen molar-refractivity contribution in [2.45, 2.75) is 0 Å². The van der Waals surface area contributed by atoms with Crippen molar-refractivity contribution in [3.05, 3.63) is 35.4 Å². The Hall–Kier alpha value is -1.96. The lowest BCUT2D eigenvalue weighted by Gasteiger charge is -2.09.